The molecule has 3 N–H and O–H groups in total. The zero-order chi connectivity index (χ0) is 20.5. The van der Waals surface area contributed by atoms with Gasteiger partial charge in [-0.2, -0.15) is 0 Å². The van der Waals surface area contributed by atoms with Crippen molar-refractivity contribution in [1.82, 2.24) is 15.5 Å². The van der Waals surface area contributed by atoms with E-state index in [-0.39, 0.29) is 23.8 Å². The predicted molar refractivity (Wildman–Crippen MR) is 113 cm³/mol. The first-order valence-corrected chi connectivity index (χ1v) is 10.1. The summed E-state index contributed by atoms with van der Waals surface area (Å²) in [5, 5.41) is 9.59. The number of guanidine groups is 1. The number of anilines is 1. The van der Waals surface area contributed by atoms with E-state index in [0.29, 0.717) is 13.0 Å². The van der Waals surface area contributed by atoms with Crippen molar-refractivity contribution in [3.63, 3.8) is 0 Å². The average Bonchev–Trinajstić information content (AvgIpc) is 3.15. The van der Waals surface area contributed by atoms with Crippen molar-refractivity contribution in [3.05, 3.63) is 29.8 Å². The van der Waals surface area contributed by atoms with E-state index < -0.39 is 0 Å². The SMILES string of the molecule is CCNC(=NCc1ccc(NC(=O)C(C)C)cc1)NC1CCN(C(=O)CC)C1. The standard InChI is InChI=1S/C21H33N5O2/c1-5-19(27)26-12-11-18(14-26)25-21(22-6-2)23-13-16-7-9-17(10-8-16)24-20(28)15(3)4/h7-10,15,18H,5-6,11-14H2,1-4H3,(H,24,28)(H2,22,23,25). The molecule has 1 aliphatic rings. The molecule has 28 heavy (non-hydrogen) atoms. The van der Waals surface area contributed by atoms with Gasteiger partial charge in [0.15, 0.2) is 5.96 Å². The van der Waals surface area contributed by atoms with Crippen LogP contribution in [0.3, 0.4) is 0 Å². The van der Waals surface area contributed by atoms with E-state index in [9.17, 15) is 9.59 Å². The van der Waals surface area contributed by atoms with Crippen molar-refractivity contribution in [2.45, 2.75) is 53.1 Å². The lowest BCUT2D eigenvalue weighted by Crippen LogP contribution is -2.45. The van der Waals surface area contributed by atoms with Crippen LogP contribution in [-0.4, -0.2) is 48.3 Å². The Morgan fingerprint density at radius 2 is 1.93 bits per heavy atom. The zero-order valence-corrected chi connectivity index (χ0v) is 17.4. The predicted octanol–water partition coefficient (Wildman–Crippen LogP) is 2.35. The Hall–Kier alpha value is -2.57. The first-order valence-electron chi connectivity index (χ1n) is 10.1. The number of benzene rings is 1. The second-order valence-electron chi connectivity index (χ2n) is 7.36. The molecule has 7 nitrogen and oxygen atoms in total. The molecule has 0 aromatic heterocycles. The number of rotatable bonds is 7. The largest absolute Gasteiger partial charge is 0.357 e. The van der Waals surface area contributed by atoms with Gasteiger partial charge in [0.05, 0.1) is 6.54 Å². The first kappa shape index (κ1) is 21.7. The van der Waals surface area contributed by atoms with E-state index in [1.165, 1.54) is 0 Å². The van der Waals surface area contributed by atoms with Crippen molar-refractivity contribution in [2.75, 3.05) is 25.0 Å². The Kier molecular flexibility index (Phi) is 8.29. The highest BCUT2D eigenvalue weighted by Crippen LogP contribution is 2.13. The van der Waals surface area contributed by atoms with Crippen LogP contribution in [0.25, 0.3) is 0 Å². The highest BCUT2D eigenvalue weighted by Gasteiger charge is 2.25. The maximum Gasteiger partial charge on any atom is 0.226 e. The van der Waals surface area contributed by atoms with Crippen molar-refractivity contribution < 1.29 is 9.59 Å². The Labute approximate surface area is 168 Å². The Morgan fingerprint density at radius 3 is 2.54 bits per heavy atom. The fourth-order valence-electron chi connectivity index (χ4n) is 2.99. The summed E-state index contributed by atoms with van der Waals surface area (Å²) in [6.45, 7) is 10.5. The van der Waals surface area contributed by atoms with Gasteiger partial charge < -0.3 is 20.9 Å². The topological polar surface area (TPSA) is 85.8 Å². The van der Waals surface area contributed by atoms with Crippen molar-refractivity contribution in [3.8, 4) is 0 Å². The fourth-order valence-corrected chi connectivity index (χ4v) is 2.99. The number of amides is 2. The lowest BCUT2D eigenvalue weighted by molar-refractivity contribution is -0.129. The van der Waals surface area contributed by atoms with E-state index in [1.54, 1.807) is 0 Å². The fraction of sp³-hybridized carbons (Fsp3) is 0.571. The normalized spacial score (nSPS) is 17.0. The summed E-state index contributed by atoms with van der Waals surface area (Å²) in [6, 6.07) is 7.97. The molecule has 2 amide bonds. The van der Waals surface area contributed by atoms with Gasteiger partial charge in [-0.15, -0.1) is 0 Å². The Balaban J connectivity index is 1.91. The molecule has 0 saturated carbocycles. The highest BCUT2D eigenvalue weighted by atomic mass is 16.2. The number of aliphatic imine (C=N–C) groups is 1. The van der Waals surface area contributed by atoms with Crippen LogP contribution in [0.15, 0.2) is 29.3 Å². The minimum absolute atomic E-state index is 0.0107. The molecular weight excluding hydrogens is 354 g/mol. The summed E-state index contributed by atoms with van der Waals surface area (Å²) in [7, 11) is 0. The Bertz CT molecular complexity index is 685. The van der Waals surface area contributed by atoms with Gasteiger partial charge in [-0.3, -0.25) is 9.59 Å². The number of hydrogen-bond donors (Lipinski definition) is 3. The summed E-state index contributed by atoms with van der Waals surface area (Å²) in [5.74, 6) is 0.931. The second-order valence-corrected chi connectivity index (χ2v) is 7.36. The monoisotopic (exact) mass is 387 g/mol. The number of carbonyl (C=O) groups is 2. The molecule has 1 aliphatic heterocycles. The third-order valence-corrected chi connectivity index (χ3v) is 4.69. The molecule has 1 saturated heterocycles. The van der Waals surface area contributed by atoms with Gasteiger partial charge in [-0.05, 0) is 31.0 Å². The molecule has 1 aromatic rings. The van der Waals surface area contributed by atoms with E-state index in [1.807, 2.05) is 56.9 Å². The number of hydrogen-bond acceptors (Lipinski definition) is 3. The average molecular weight is 388 g/mol. The maximum atomic E-state index is 11.8. The molecule has 0 spiro atoms. The van der Waals surface area contributed by atoms with Crippen LogP contribution in [0.2, 0.25) is 0 Å². The number of nitrogens with one attached hydrogen (secondary N) is 3. The zero-order valence-electron chi connectivity index (χ0n) is 17.4. The Morgan fingerprint density at radius 1 is 1.21 bits per heavy atom. The summed E-state index contributed by atoms with van der Waals surface area (Å²) in [6.07, 6.45) is 1.48. The number of carbonyl (C=O) groups excluding carboxylic acids is 2. The lowest BCUT2D eigenvalue weighted by atomic mass is 10.1. The third kappa shape index (κ3) is 6.55. The molecular formula is C21H33N5O2. The molecule has 0 bridgehead atoms. The van der Waals surface area contributed by atoms with Crippen LogP contribution in [0.1, 0.15) is 46.1 Å². The van der Waals surface area contributed by atoms with E-state index in [4.69, 9.17) is 0 Å². The molecule has 1 atom stereocenters. The number of nitrogens with zero attached hydrogens (tertiary/aromatic N) is 2. The molecule has 1 unspecified atom stereocenters. The van der Waals surface area contributed by atoms with Gasteiger partial charge in [0.2, 0.25) is 11.8 Å². The minimum Gasteiger partial charge on any atom is -0.357 e. The van der Waals surface area contributed by atoms with Gasteiger partial charge in [0.1, 0.15) is 0 Å². The van der Waals surface area contributed by atoms with E-state index >= 15 is 0 Å². The van der Waals surface area contributed by atoms with Crippen LogP contribution in [0.5, 0.6) is 0 Å². The smallest absolute Gasteiger partial charge is 0.226 e. The van der Waals surface area contributed by atoms with Gasteiger partial charge in [-0.25, -0.2) is 4.99 Å². The van der Waals surface area contributed by atoms with Crippen LogP contribution >= 0.6 is 0 Å². The van der Waals surface area contributed by atoms with Gasteiger partial charge in [0.25, 0.3) is 0 Å². The van der Waals surface area contributed by atoms with Crippen LogP contribution < -0.4 is 16.0 Å². The first-order chi connectivity index (χ1) is 13.4. The molecule has 1 aromatic carbocycles. The second kappa shape index (κ2) is 10.7. The van der Waals surface area contributed by atoms with Crippen LogP contribution in [-0.2, 0) is 16.1 Å². The highest BCUT2D eigenvalue weighted by molar-refractivity contribution is 5.92. The summed E-state index contributed by atoms with van der Waals surface area (Å²) >= 11 is 0. The summed E-state index contributed by atoms with van der Waals surface area (Å²) < 4.78 is 0. The van der Waals surface area contributed by atoms with Gasteiger partial charge in [0, 0.05) is 43.7 Å². The van der Waals surface area contributed by atoms with Crippen LogP contribution in [0, 0.1) is 5.92 Å². The molecule has 0 aliphatic carbocycles. The number of likely N-dealkylation sites (tertiary alicyclic amines) is 1. The summed E-state index contributed by atoms with van der Waals surface area (Å²) in [5.41, 5.74) is 1.86. The van der Waals surface area contributed by atoms with Crippen LogP contribution in [0.4, 0.5) is 5.69 Å². The van der Waals surface area contributed by atoms with Crippen molar-refractivity contribution in [1.29, 1.82) is 0 Å². The summed E-state index contributed by atoms with van der Waals surface area (Å²) in [4.78, 5) is 30.2. The van der Waals surface area contributed by atoms with Crippen molar-refractivity contribution >= 4 is 23.5 Å². The molecule has 1 fully saturated rings. The molecule has 0 radical (unpaired) electrons. The lowest BCUT2D eigenvalue weighted by Gasteiger charge is -2.18. The molecule has 2 rings (SSSR count). The van der Waals surface area contributed by atoms with E-state index in [0.717, 1.165) is 43.3 Å². The van der Waals surface area contributed by atoms with Gasteiger partial charge in [-0.1, -0.05) is 32.9 Å². The van der Waals surface area contributed by atoms with Gasteiger partial charge >= 0.3 is 0 Å². The van der Waals surface area contributed by atoms with E-state index in [2.05, 4.69) is 20.9 Å². The molecule has 1 heterocycles. The quantitative estimate of drug-likeness (QED) is 0.495. The third-order valence-electron chi connectivity index (χ3n) is 4.69. The maximum absolute atomic E-state index is 11.8. The minimum atomic E-state index is -0.0443. The molecule has 154 valence electrons. The van der Waals surface area contributed by atoms with Crippen molar-refractivity contribution in [2.24, 2.45) is 10.9 Å². The molecule has 7 heteroatoms.